The van der Waals surface area contributed by atoms with Crippen molar-refractivity contribution in [3.8, 4) is 6.07 Å². The van der Waals surface area contributed by atoms with Crippen molar-refractivity contribution < 1.29 is 4.74 Å². The molecule has 17 heavy (non-hydrogen) atoms. The third-order valence-corrected chi connectivity index (χ3v) is 3.04. The number of hydrogen-bond donors (Lipinski definition) is 1. The fourth-order valence-corrected chi connectivity index (χ4v) is 2.15. The predicted molar refractivity (Wildman–Crippen MR) is 68.8 cm³/mol. The Bertz CT molecular complexity index is 260. The quantitative estimate of drug-likeness (QED) is 0.761. The minimum atomic E-state index is -0.0444. The summed E-state index contributed by atoms with van der Waals surface area (Å²) in [5.74, 6) is 0. The van der Waals surface area contributed by atoms with E-state index in [4.69, 9.17) is 10.00 Å². The first-order valence-electron chi connectivity index (χ1n) is 6.56. The number of rotatable bonds is 6. The molecule has 1 fully saturated rings. The zero-order valence-corrected chi connectivity index (χ0v) is 11.3. The first-order chi connectivity index (χ1) is 8.07. The van der Waals surface area contributed by atoms with Gasteiger partial charge in [-0.1, -0.05) is 6.92 Å². The third kappa shape index (κ3) is 5.49. The van der Waals surface area contributed by atoms with Gasteiger partial charge in [0.1, 0.15) is 0 Å². The van der Waals surface area contributed by atoms with Crippen LogP contribution in [0.15, 0.2) is 0 Å². The smallest absolute Gasteiger partial charge is 0.0965 e. The van der Waals surface area contributed by atoms with Crippen molar-refractivity contribution in [1.29, 1.82) is 5.26 Å². The van der Waals surface area contributed by atoms with Gasteiger partial charge in [-0.2, -0.15) is 5.26 Å². The Labute approximate surface area is 105 Å². The van der Waals surface area contributed by atoms with Crippen molar-refractivity contribution in [3.63, 3.8) is 0 Å². The Hall–Kier alpha value is -0.630. The van der Waals surface area contributed by atoms with E-state index in [0.717, 1.165) is 45.6 Å². The molecule has 4 nitrogen and oxygen atoms in total. The number of morpholine rings is 1. The molecule has 1 N–H and O–H groups in total. The second-order valence-corrected chi connectivity index (χ2v) is 5.31. The topological polar surface area (TPSA) is 48.3 Å². The van der Waals surface area contributed by atoms with E-state index in [2.05, 4.69) is 37.1 Å². The van der Waals surface area contributed by atoms with Gasteiger partial charge in [0, 0.05) is 19.6 Å². The Morgan fingerprint density at radius 1 is 1.53 bits per heavy atom. The molecule has 0 aromatic rings. The molecule has 1 rings (SSSR count). The maximum Gasteiger partial charge on any atom is 0.0965 e. The second kappa shape index (κ2) is 6.95. The molecule has 0 radical (unpaired) electrons. The average molecular weight is 239 g/mol. The third-order valence-electron chi connectivity index (χ3n) is 3.04. The first-order valence-corrected chi connectivity index (χ1v) is 6.56. The predicted octanol–water partition coefficient (Wildman–Crippen LogP) is 1.38. The van der Waals surface area contributed by atoms with Gasteiger partial charge >= 0.3 is 0 Å². The van der Waals surface area contributed by atoms with Gasteiger partial charge in [0.15, 0.2) is 0 Å². The Balaban J connectivity index is 2.27. The largest absolute Gasteiger partial charge is 0.373 e. The van der Waals surface area contributed by atoms with Gasteiger partial charge in [0.05, 0.1) is 24.3 Å². The van der Waals surface area contributed by atoms with E-state index in [9.17, 15) is 0 Å². The van der Waals surface area contributed by atoms with Crippen LogP contribution in [0.25, 0.3) is 0 Å². The summed E-state index contributed by atoms with van der Waals surface area (Å²) in [7, 11) is 0. The lowest BCUT2D eigenvalue weighted by Gasteiger charge is -2.38. The fraction of sp³-hybridized carbons (Fsp3) is 0.923. The van der Waals surface area contributed by atoms with E-state index < -0.39 is 0 Å². The van der Waals surface area contributed by atoms with Gasteiger partial charge in [-0.3, -0.25) is 4.90 Å². The highest BCUT2D eigenvalue weighted by atomic mass is 16.5. The van der Waals surface area contributed by atoms with Gasteiger partial charge in [-0.25, -0.2) is 0 Å². The van der Waals surface area contributed by atoms with Crippen LogP contribution in [0.4, 0.5) is 0 Å². The van der Waals surface area contributed by atoms with E-state index in [0.29, 0.717) is 0 Å². The molecule has 1 atom stereocenters. The minimum Gasteiger partial charge on any atom is -0.373 e. The van der Waals surface area contributed by atoms with Crippen LogP contribution in [0.1, 0.15) is 33.6 Å². The summed E-state index contributed by atoms with van der Waals surface area (Å²) in [6, 6.07) is 2.32. The highest BCUT2D eigenvalue weighted by molar-refractivity contribution is 4.90. The van der Waals surface area contributed by atoms with Crippen LogP contribution < -0.4 is 5.32 Å². The molecule has 0 saturated carbocycles. The molecule has 1 aliphatic rings. The highest BCUT2D eigenvalue weighted by Crippen LogP contribution is 2.16. The number of nitrogens with one attached hydrogen (secondary N) is 1. The summed E-state index contributed by atoms with van der Waals surface area (Å²) in [6.45, 7) is 11.0. The van der Waals surface area contributed by atoms with Gasteiger partial charge in [0.2, 0.25) is 0 Å². The number of nitriles is 1. The lowest BCUT2D eigenvalue weighted by Crippen LogP contribution is -2.49. The SMILES string of the molecule is CCCNC(C#N)CCN1CCOC(C)(C)C1. The van der Waals surface area contributed by atoms with Crippen LogP contribution in [-0.4, -0.2) is 49.3 Å². The minimum absolute atomic E-state index is 0.0130. The van der Waals surface area contributed by atoms with Crippen LogP contribution >= 0.6 is 0 Å². The molecular weight excluding hydrogens is 214 g/mol. The summed E-state index contributed by atoms with van der Waals surface area (Å²) >= 11 is 0. The fourth-order valence-electron chi connectivity index (χ4n) is 2.15. The molecule has 0 spiro atoms. The summed E-state index contributed by atoms with van der Waals surface area (Å²) in [5, 5.41) is 12.3. The molecule has 0 bridgehead atoms. The maximum atomic E-state index is 9.03. The Morgan fingerprint density at radius 2 is 2.29 bits per heavy atom. The summed E-state index contributed by atoms with van der Waals surface area (Å²) in [6.07, 6.45) is 1.97. The molecule has 1 aliphatic heterocycles. The van der Waals surface area contributed by atoms with E-state index in [1.165, 1.54) is 0 Å². The van der Waals surface area contributed by atoms with E-state index >= 15 is 0 Å². The van der Waals surface area contributed by atoms with E-state index in [1.807, 2.05) is 0 Å². The Kier molecular flexibility index (Phi) is 5.90. The van der Waals surface area contributed by atoms with Crippen molar-refractivity contribution in [3.05, 3.63) is 0 Å². The lowest BCUT2D eigenvalue weighted by atomic mass is 10.1. The van der Waals surface area contributed by atoms with Gasteiger partial charge in [0.25, 0.3) is 0 Å². The molecule has 1 saturated heterocycles. The zero-order chi connectivity index (χ0) is 12.7. The van der Waals surface area contributed by atoms with E-state index in [-0.39, 0.29) is 11.6 Å². The monoisotopic (exact) mass is 239 g/mol. The summed E-state index contributed by atoms with van der Waals surface area (Å²) in [5.41, 5.74) is -0.0444. The maximum absolute atomic E-state index is 9.03. The molecule has 0 aromatic carbocycles. The molecule has 0 aliphatic carbocycles. The van der Waals surface area contributed by atoms with Crippen LogP contribution in [0.3, 0.4) is 0 Å². The zero-order valence-electron chi connectivity index (χ0n) is 11.3. The number of ether oxygens (including phenoxy) is 1. The normalized spacial score (nSPS) is 22.0. The second-order valence-electron chi connectivity index (χ2n) is 5.31. The first kappa shape index (κ1) is 14.4. The molecule has 4 heteroatoms. The van der Waals surface area contributed by atoms with Crippen LogP contribution in [0.5, 0.6) is 0 Å². The molecule has 0 aromatic heterocycles. The van der Waals surface area contributed by atoms with Crippen molar-refractivity contribution in [2.45, 2.75) is 45.3 Å². The van der Waals surface area contributed by atoms with Crippen LogP contribution in [0.2, 0.25) is 0 Å². The average Bonchev–Trinajstić information content (AvgIpc) is 2.28. The van der Waals surface area contributed by atoms with Crippen LogP contribution in [0, 0.1) is 11.3 Å². The highest BCUT2D eigenvalue weighted by Gasteiger charge is 2.27. The van der Waals surface area contributed by atoms with Gasteiger partial charge in [-0.05, 0) is 33.2 Å². The van der Waals surface area contributed by atoms with Crippen molar-refractivity contribution in [2.24, 2.45) is 0 Å². The lowest BCUT2D eigenvalue weighted by molar-refractivity contribution is -0.0862. The molecular formula is C13H25N3O. The summed E-state index contributed by atoms with van der Waals surface area (Å²) in [4.78, 5) is 2.39. The standard InChI is InChI=1S/C13H25N3O/c1-4-6-15-12(10-14)5-7-16-8-9-17-13(2,3)11-16/h12,15H,4-9,11H2,1-3H3. The van der Waals surface area contributed by atoms with Crippen molar-refractivity contribution in [2.75, 3.05) is 32.8 Å². The van der Waals surface area contributed by atoms with Crippen molar-refractivity contribution in [1.82, 2.24) is 10.2 Å². The number of nitrogens with zero attached hydrogens (tertiary/aromatic N) is 2. The summed E-state index contributed by atoms with van der Waals surface area (Å²) < 4.78 is 5.67. The van der Waals surface area contributed by atoms with Crippen molar-refractivity contribution >= 4 is 0 Å². The Morgan fingerprint density at radius 3 is 2.88 bits per heavy atom. The van der Waals surface area contributed by atoms with Gasteiger partial charge in [-0.15, -0.1) is 0 Å². The van der Waals surface area contributed by atoms with E-state index in [1.54, 1.807) is 0 Å². The molecule has 0 amide bonds. The number of hydrogen-bond acceptors (Lipinski definition) is 4. The molecule has 1 heterocycles. The molecule has 1 unspecified atom stereocenters. The van der Waals surface area contributed by atoms with Gasteiger partial charge < -0.3 is 10.1 Å². The molecule has 98 valence electrons. The van der Waals surface area contributed by atoms with Crippen LogP contribution in [-0.2, 0) is 4.74 Å².